The van der Waals surface area contributed by atoms with Gasteiger partial charge in [-0.05, 0) is 52.4 Å². The highest BCUT2D eigenvalue weighted by Gasteiger charge is 1.85. The maximum absolute atomic E-state index is 8.20. The quantitative estimate of drug-likeness (QED) is 0.358. The molecule has 0 aliphatic carbocycles. The van der Waals surface area contributed by atoms with Crippen molar-refractivity contribution in [3.63, 3.8) is 0 Å². The molecule has 0 aromatic carbocycles. The third kappa shape index (κ3) is 25.3. The molecule has 20 heavy (non-hydrogen) atoms. The zero-order chi connectivity index (χ0) is 15.3. The minimum Gasteiger partial charge on any atom is -0.198 e. The highest BCUT2D eigenvalue weighted by atomic mass is 14.2. The van der Waals surface area contributed by atoms with Gasteiger partial charge in [0.2, 0.25) is 0 Å². The van der Waals surface area contributed by atoms with Crippen molar-refractivity contribution in [3.8, 4) is 12.1 Å². The summed E-state index contributed by atoms with van der Waals surface area (Å²) in [4.78, 5) is 0. The van der Waals surface area contributed by atoms with Gasteiger partial charge in [0.15, 0.2) is 0 Å². The molecule has 0 spiro atoms. The first-order chi connectivity index (χ1) is 9.83. The summed E-state index contributed by atoms with van der Waals surface area (Å²) in [6.07, 6.45) is 19.2. The summed E-state index contributed by atoms with van der Waals surface area (Å²) in [6, 6.07) is 4.28. The van der Waals surface area contributed by atoms with Gasteiger partial charge < -0.3 is 0 Å². The van der Waals surface area contributed by atoms with E-state index in [1.165, 1.54) is 38.5 Å². The van der Waals surface area contributed by atoms with Crippen LogP contribution in [0, 0.1) is 22.7 Å². The van der Waals surface area contributed by atoms with Crippen molar-refractivity contribution >= 4 is 0 Å². The van der Waals surface area contributed by atoms with Crippen molar-refractivity contribution in [2.75, 3.05) is 0 Å². The minimum absolute atomic E-state index is 0.718. The molecule has 0 aliphatic heterocycles. The molecule has 0 rings (SSSR count). The molecule has 0 atom stereocenters. The summed E-state index contributed by atoms with van der Waals surface area (Å²) < 4.78 is 0. The molecule has 0 bridgehead atoms. The summed E-state index contributed by atoms with van der Waals surface area (Å²) in [5.41, 5.74) is 0. The van der Waals surface area contributed by atoms with Crippen molar-refractivity contribution in [2.24, 2.45) is 0 Å². The Kier molecular flexibility index (Phi) is 23.5. The highest BCUT2D eigenvalue weighted by Crippen LogP contribution is 2.03. The lowest BCUT2D eigenvalue weighted by Gasteiger charge is -1.91. The van der Waals surface area contributed by atoms with E-state index in [9.17, 15) is 0 Å². The van der Waals surface area contributed by atoms with Crippen LogP contribution in [0.3, 0.4) is 0 Å². The fourth-order valence-corrected chi connectivity index (χ4v) is 1.62. The number of rotatable bonds is 10. The molecule has 0 unspecified atom stereocenters. The van der Waals surface area contributed by atoms with E-state index in [1.807, 2.05) is 13.8 Å². The van der Waals surface area contributed by atoms with E-state index >= 15 is 0 Å². The van der Waals surface area contributed by atoms with Gasteiger partial charge in [0.1, 0.15) is 0 Å². The number of nitrogens with zero attached hydrogens (tertiary/aromatic N) is 2. The summed E-state index contributed by atoms with van der Waals surface area (Å²) in [6.45, 7) is 4.07. The van der Waals surface area contributed by atoms with E-state index < -0.39 is 0 Å². The van der Waals surface area contributed by atoms with Crippen molar-refractivity contribution in [1.29, 1.82) is 10.5 Å². The minimum atomic E-state index is 0.718. The van der Waals surface area contributed by atoms with E-state index in [1.54, 1.807) is 0 Å². The van der Waals surface area contributed by atoms with Crippen LogP contribution in [0.2, 0.25) is 0 Å². The van der Waals surface area contributed by atoms with Crippen LogP contribution in [0.25, 0.3) is 0 Å². The van der Waals surface area contributed by atoms with Gasteiger partial charge in [-0.15, -0.1) is 0 Å². The first kappa shape index (κ1) is 20.8. The van der Waals surface area contributed by atoms with Crippen LogP contribution in [-0.2, 0) is 0 Å². The molecule has 0 heterocycles. The molecular weight excluding hydrogens is 244 g/mol. The molecule has 112 valence electrons. The normalized spacial score (nSPS) is 10.0. The Morgan fingerprint density at radius 1 is 0.650 bits per heavy atom. The number of allylic oxidation sites excluding steroid dienone is 4. The van der Waals surface area contributed by atoms with E-state index in [4.69, 9.17) is 10.5 Å². The van der Waals surface area contributed by atoms with Gasteiger partial charge >= 0.3 is 0 Å². The topological polar surface area (TPSA) is 47.6 Å². The van der Waals surface area contributed by atoms with Gasteiger partial charge in [-0.2, -0.15) is 10.5 Å². The van der Waals surface area contributed by atoms with Crippen molar-refractivity contribution in [2.45, 2.75) is 78.1 Å². The second-order valence-corrected chi connectivity index (χ2v) is 4.65. The molecule has 0 saturated carbocycles. The summed E-state index contributed by atoms with van der Waals surface area (Å²) >= 11 is 0. The fourth-order valence-electron chi connectivity index (χ4n) is 1.62. The van der Waals surface area contributed by atoms with Gasteiger partial charge in [0.25, 0.3) is 0 Å². The Bertz CT molecular complexity index is 270. The van der Waals surface area contributed by atoms with Gasteiger partial charge in [-0.25, -0.2) is 0 Å². The number of hydrogen-bond acceptors (Lipinski definition) is 2. The third-order valence-electron chi connectivity index (χ3n) is 2.79. The number of unbranched alkanes of at least 4 members (excludes halogenated alkanes) is 8. The molecule has 0 amide bonds. The Labute approximate surface area is 125 Å². The largest absolute Gasteiger partial charge is 0.198 e. The molecule has 0 saturated heterocycles. The lowest BCUT2D eigenvalue weighted by atomic mass is 10.1. The Morgan fingerprint density at radius 2 is 1.05 bits per heavy atom. The first-order valence-corrected chi connectivity index (χ1v) is 7.79. The monoisotopic (exact) mass is 274 g/mol. The SMILES string of the molecule is CC=CCCCCCC#N.CC=CCCCCCC#N. The average Bonchev–Trinajstić information content (AvgIpc) is 2.47. The lowest BCUT2D eigenvalue weighted by molar-refractivity contribution is 0.699. The number of nitriles is 2. The van der Waals surface area contributed by atoms with E-state index in [0.717, 1.165) is 25.7 Å². The van der Waals surface area contributed by atoms with E-state index in [2.05, 4.69) is 36.4 Å². The van der Waals surface area contributed by atoms with Crippen LogP contribution < -0.4 is 0 Å². The third-order valence-corrected chi connectivity index (χ3v) is 2.79. The zero-order valence-corrected chi connectivity index (χ0v) is 13.3. The van der Waals surface area contributed by atoms with E-state index in [0.29, 0.717) is 0 Å². The Hall–Kier alpha value is -1.54. The van der Waals surface area contributed by atoms with Gasteiger partial charge in [-0.3, -0.25) is 0 Å². The molecular formula is C18H30N2. The molecule has 0 N–H and O–H groups in total. The molecule has 0 radical (unpaired) electrons. The van der Waals surface area contributed by atoms with Crippen LogP contribution in [0.1, 0.15) is 78.1 Å². The first-order valence-electron chi connectivity index (χ1n) is 7.79. The molecule has 0 fully saturated rings. The van der Waals surface area contributed by atoms with E-state index in [-0.39, 0.29) is 0 Å². The van der Waals surface area contributed by atoms with Crippen LogP contribution in [0.4, 0.5) is 0 Å². The predicted molar refractivity (Wildman–Crippen MR) is 87.0 cm³/mol. The molecule has 0 aromatic rings. The van der Waals surface area contributed by atoms with Crippen LogP contribution in [0.5, 0.6) is 0 Å². The maximum atomic E-state index is 8.20. The zero-order valence-electron chi connectivity index (χ0n) is 13.3. The Balaban J connectivity index is 0. The molecule has 0 aliphatic rings. The van der Waals surface area contributed by atoms with Gasteiger partial charge in [0, 0.05) is 12.8 Å². The van der Waals surface area contributed by atoms with Crippen LogP contribution >= 0.6 is 0 Å². The van der Waals surface area contributed by atoms with Gasteiger partial charge in [0.05, 0.1) is 12.1 Å². The second-order valence-electron chi connectivity index (χ2n) is 4.65. The van der Waals surface area contributed by atoms with Crippen LogP contribution in [-0.4, -0.2) is 0 Å². The summed E-state index contributed by atoms with van der Waals surface area (Å²) in [5.74, 6) is 0. The lowest BCUT2D eigenvalue weighted by Crippen LogP contribution is -1.73. The average molecular weight is 274 g/mol. The molecule has 2 heteroatoms. The summed E-state index contributed by atoms with van der Waals surface area (Å²) in [5, 5.41) is 16.4. The van der Waals surface area contributed by atoms with Crippen molar-refractivity contribution in [3.05, 3.63) is 24.3 Å². The molecule has 0 aromatic heterocycles. The van der Waals surface area contributed by atoms with Crippen molar-refractivity contribution in [1.82, 2.24) is 0 Å². The van der Waals surface area contributed by atoms with Crippen molar-refractivity contribution < 1.29 is 0 Å². The maximum Gasteiger partial charge on any atom is 0.0621 e. The smallest absolute Gasteiger partial charge is 0.0621 e. The Morgan fingerprint density at radius 3 is 1.35 bits per heavy atom. The number of hydrogen-bond donors (Lipinski definition) is 0. The highest BCUT2D eigenvalue weighted by molar-refractivity contribution is 4.77. The fraction of sp³-hybridized carbons (Fsp3) is 0.667. The van der Waals surface area contributed by atoms with Gasteiger partial charge in [-0.1, -0.05) is 37.1 Å². The summed E-state index contributed by atoms with van der Waals surface area (Å²) in [7, 11) is 0. The standard InChI is InChI=1S/2C9H15N/c2*1-2-3-4-5-6-7-8-9-10/h2*2-3H,4-8H2,1H3. The molecule has 2 nitrogen and oxygen atoms in total. The predicted octanol–water partition coefficient (Wildman–Crippen LogP) is 6.07. The second kappa shape index (κ2) is 22.6. The van der Waals surface area contributed by atoms with Crippen LogP contribution in [0.15, 0.2) is 24.3 Å².